The molecule has 3 rings (SSSR count). The van der Waals surface area contributed by atoms with Gasteiger partial charge in [-0.1, -0.05) is 47.5 Å². The second kappa shape index (κ2) is 8.10. The molecule has 0 saturated carbocycles. The van der Waals surface area contributed by atoms with E-state index in [0.717, 1.165) is 16.9 Å². The summed E-state index contributed by atoms with van der Waals surface area (Å²) in [6.45, 7) is 0.550. The van der Waals surface area contributed by atoms with Crippen molar-refractivity contribution in [1.82, 2.24) is 5.43 Å². The molecule has 3 aromatic rings. The molecular formula is C19H16Cl2N2O2. The van der Waals surface area contributed by atoms with Gasteiger partial charge < -0.3 is 14.6 Å². The molecule has 0 saturated heterocycles. The molecule has 0 aliphatic carbocycles. The Morgan fingerprint density at radius 2 is 1.92 bits per heavy atom. The number of benzene rings is 2. The lowest BCUT2D eigenvalue weighted by Crippen LogP contribution is -2.06. The van der Waals surface area contributed by atoms with Crippen LogP contribution in [0.2, 0.25) is 10.0 Å². The van der Waals surface area contributed by atoms with Crippen LogP contribution in [0.25, 0.3) is 11.3 Å². The maximum Gasteiger partial charge on any atom is 0.147 e. The number of methoxy groups -OCH3 is 1. The van der Waals surface area contributed by atoms with Crippen molar-refractivity contribution in [3.63, 3.8) is 0 Å². The first kappa shape index (κ1) is 17.4. The molecule has 0 fully saturated rings. The molecule has 1 N–H and O–H groups in total. The quantitative estimate of drug-likeness (QED) is 0.464. The summed E-state index contributed by atoms with van der Waals surface area (Å²) in [6, 6.07) is 16.8. The van der Waals surface area contributed by atoms with Crippen LogP contribution in [-0.2, 0) is 6.54 Å². The Morgan fingerprint density at radius 3 is 2.76 bits per heavy atom. The Hall–Kier alpha value is -2.43. The second-order valence-electron chi connectivity index (χ2n) is 5.21. The highest BCUT2D eigenvalue weighted by atomic mass is 35.5. The number of hydrogen-bond acceptors (Lipinski definition) is 4. The lowest BCUT2D eigenvalue weighted by molar-refractivity contribution is 0.408. The molecule has 25 heavy (non-hydrogen) atoms. The van der Waals surface area contributed by atoms with Crippen LogP contribution < -0.4 is 10.2 Å². The third-order valence-electron chi connectivity index (χ3n) is 3.59. The monoisotopic (exact) mass is 374 g/mol. The Kier molecular flexibility index (Phi) is 5.64. The fourth-order valence-corrected chi connectivity index (χ4v) is 2.74. The van der Waals surface area contributed by atoms with Crippen LogP contribution >= 0.6 is 23.2 Å². The van der Waals surface area contributed by atoms with Gasteiger partial charge in [-0.2, -0.15) is 5.10 Å². The predicted molar refractivity (Wildman–Crippen MR) is 102 cm³/mol. The minimum Gasteiger partial charge on any atom is -0.496 e. The SMILES string of the molecule is COc1ccccc1CN/N=C\c1ccc(-c2cccc(Cl)c2Cl)o1. The zero-order valence-electron chi connectivity index (χ0n) is 13.5. The molecule has 0 radical (unpaired) electrons. The van der Waals surface area contributed by atoms with Crippen molar-refractivity contribution in [3.05, 3.63) is 76.0 Å². The van der Waals surface area contributed by atoms with Gasteiger partial charge in [0.15, 0.2) is 0 Å². The highest BCUT2D eigenvalue weighted by Crippen LogP contribution is 2.34. The average molecular weight is 375 g/mol. The zero-order chi connectivity index (χ0) is 17.6. The van der Waals surface area contributed by atoms with Crippen LogP contribution in [-0.4, -0.2) is 13.3 Å². The third-order valence-corrected chi connectivity index (χ3v) is 4.41. The number of para-hydroxylation sites is 1. The minimum atomic E-state index is 0.469. The number of ether oxygens (including phenoxy) is 1. The molecule has 1 heterocycles. The van der Waals surface area contributed by atoms with Crippen molar-refractivity contribution in [1.29, 1.82) is 0 Å². The molecular weight excluding hydrogens is 359 g/mol. The summed E-state index contributed by atoms with van der Waals surface area (Å²) in [6.07, 6.45) is 1.61. The molecule has 0 spiro atoms. The van der Waals surface area contributed by atoms with Gasteiger partial charge in [0, 0.05) is 11.1 Å². The molecule has 0 amide bonds. The highest BCUT2D eigenvalue weighted by Gasteiger charge is 2.10. The largest absolute Gasteiger partial charge is 0.496 e. The standard InChI is InChI=1S/C19H16Cl2N2O2/c1-24-17-8-3-2-5-13(17)11-22-23-12-14-9-10-18(25-14)15-6-4-7-16(20)19(15)21/h2-10,12,22H,11H2,1H3/b23-12-. The molecule has 0 bridgehead atoms. The van der Waals surface area contributed by atoms with Crippen LogP contribution in [0.3, 0.4) is 0 Å². The molecule has 1 aromatic heterocycles. The molecule has 128 valence electrons. The van der Waals surface area contributed by atoms with Gasteiger partial charge in [0.2, 0.25) is 0 Å². The summed E-state index contributed by atoms with van der Waals surface area (Å²) < 4.78 is 11.0. The summed E-state index contributed by atoms with van der Waals surface area (Å²) in [5.41, 5.74) is 4.74. The topological polar surface area (TPSA) is 46.8 Å². The first-order valence-electron chi connectivity index (χ1n) is 7.61. The molecule has 4 nitrogen and oxygen atoms in total. The third kappa shape index (κ3) is 4.16. The molecule has 6 heteroatoms. The second-order valence-corrected chi connectivity index (χ2v) is 5.99. The van der Waals surface area contributed by atoms with Crippen LogP contribution in [0.4, 0.5) is 0 Å². The van der Waals surface area contributed by atoms with Crippen LogP contribution in [0.5, 0.6) is 5.75 Å². The summed E-state index contributed by atoms with van der Waals surface area (Å²) in [5, 5.41) is 5.13. The zero-order valence-corrected chi connectivity index (χ0v) is 15.0. The number of furan rings is 1. The van der Waals surface area contributed by atoms with Crippen molar-refractivity contribution in [2.75, 3.05) is 7.11 Å². The van der Waals surface area contributed by atoms with E-state index >= 15 is 0 Å². The van der Waals surface area contributed by atoms with E-state index in [1.165, 1.54) is 0 Å². The van der Waals surface area contributed by atoms with E-state index in [2.05, 4.69) is 10.5 Å². The van der Waals surface area contributed by atoms with Gasteiger partial charge in [-0.15, -0.1) is 0 Å². The lowest BCUT2D eigenvalue weighted by atomic mass is 10.2. The highest BCUT2D eigenvalue weighted by molar-refractivity contribution is 6.43. The summed E-state index contributed by atoms with van der Waals surface area (Å²) in [7, 11) is 1.65. The fourth-order valence-electron chi connectivity index (χ4n) is 2.35. The molecule has 0 aliphatic heterocycles. The predicted octanol–water partition coefficient (Wildman–Crippen LogP) is 5.39. The van der Waals surface area contributed by atoms with Crippen molar-refractivity contribution in [3.8, 4) is 17.1 Å². The minimum absolute atomic E-state index is 0.469. The molecule has 0 atom stereocenters. The maximum atomic E-state index is 6.21. The van der Waals surface area contributed by atoms with Gasteiger partial charge in [-0.25, -0.2) is 0 Å². The van der Waals surface area contributed by atoms with E-state index in [1.54, 1.807) is 19.4 Å². The average Bonchev–Trinajstić information content (AvgIpc) is 3.10. The summed E-state index contributed by atoms with van der Waals surface area (Å²) in [4.78, 5) is 0. The maximum absolute atomic E-state index is 6.21. The number of nitrogens with one attached hydrogen (secondary N) is 1. The Balaban J connectivity index is 1.65. The number of rotatable bonds is 6. The van der Waals surface area contributed by atoms with Crippen molar-refractivity contribution in [2.45, 2.75) is 6.54 Å². The van der Waals surface area contributed by atoms with Gasteiger partial charge in [-0.05, 0) is 30.3 Å². The fraction of sp³-hybridized carbons (Fsp3) is 0.105. The molecule has 0 aliphatic rings. The van der Waals surface area contributed by atoms with E-state index in [9.17, 15) is 0 Å². The van der Waals surface area contributed by atoms with Gasteiger partial charge >= 0.3 is 0 Å². The van der Waals surface area contributed by atoms with Crippen molar-refractivity contribution in [2.24, 2.45) is 5.10 Å². The van der Waals surface area contributed by atoms with Crippen molar-refractivity contribution < 1.29 is 9.15 Å². The van der Waals surface area contributed by atoms with E-state index < -0.39 is 0 Å². The Bertz CT molecular complexity index is 891. The normalized spacial score (nSPS) is 11.0. The molecule has 2 aromatic carbocycles. The molecule has 0 unspecified atom stereocenters. The van der Waals surface area contributed by atoms with Crippen molar-refractivity contribution >= 4 is 29.4 Å². The van der Waals surface area contributed by atoms with Gasteiger partial charge in [0.25, 0.3) is 0 Å². The van der Waals surface area contributed by atoms with E-state index in [1.807, 2.05) is 48.5 Å². The van der Waals surface area contributed by atoms with Crippen LogP contribution in [0.1, 0.15) is 11.3 Å². The smallest absolute Gasteiger partial charge is 0.147 e. The number of nitrogens with zero attached hydrogens (tertiary/aromatic N) is 1. The van der Waals surface area contributed by atoms with Crippen LogP contribution in [0, 0.1) is 0 Å². The number of hydrogen-bond donors (Lipinski definition) is 1. The Morgan fingerprint density at radius 1 is 1.08 bits per heavy atom. The van der Waals surface area contributed by atoms with E-state index in [0.29, 0.717) is 28.1 Å². The summed E-state index contributed by atoms with van der Waals surface area (Å²) in [5.74, 6) is 2.07. The first-order chi connectivity index (χ1) is 12.2. The van der Waals surface area contributed by atoms with Gasteiger partial charge in [0.05, 0.1) is 29.9 Å². The number of halogens is 2. The van der Waals surface area contributed by atoms with Crippen LogP contribution in [0.15, 0.2) is 64.1 Å². The lowest BCUT2D eigenvalue weighted by Gasteiger charge is -2.06. The number of hydrazone groups is 1. The van der Waals surface area contributed by atoms with E-state index in [-0.39, 0.29) is 0 Å². The first-order valence-corrected chi connectivity index (χ1v) is 8.36. The summed E-state index contributed by atoms with van der Waals surface area (Å²) >= 11 is 12.2. The Labute approximate surface area is 156 Å². The van der Waals surface area contributed by atoms with E-state index in [4.69, 9.17) is 32.4 Å². The van der Waals surface area contributed by atoms with Gasteiger partial charge in [0.1, 0.15) is 17.3 Å². The van der Waals surface area contributed by atoms with Gasteiger partial charge in [-0.3, -0.25) is 0 Å².